The summed E-state index contributed by atoms with van der Waals surface area (Å²) < 4.78 is 0. The lowest BCUT2D eigenvalue weighted by Crippen LogP contribution is -2.58. The van der Waals surface area contributed by atoms with E-state index < -0.39 is 23.3 Å². The van der Waals surface area contributed by atoms with Crippen molar-refractivity contribution in [2.24, 2.45) is 0 Å². The lowest BCUT2D eigenvalue weighted by Gasteiger charge is -2.39. The second-order valence-electron chi connectivity index (χ2n) is 4.70. The molecule has 2 aliphatic rings. The number of aliphatic carboxylic acids is 1. The van der Waals surface area contributed by atoms with Crippen LogP contribution in [0.2, 0.25) is 0 Å². The van der Waals surface area contributed by atoms with Gasteiger partial charge in [0.05, 0.1) is 0 Å². The van der Waals surface area contributed by atoms with Gasteiger partial charge < -0.3 is 5.11 Å². The van der Waals surface area contributed by atoms with E-state index in [2.05, 4.69) is 0 Å². The Labute approximate surface area is 99.1 Å². The fourth-order valence-electron chi connectivity index (χ4n) is 2.66. The van der Waals surface area contributed by atoms with Crippen LogP contribution in [0.5, 0.6) is 0 Å². The van der Waals surface area contributed by atoms with E-state index in [0.29, 0.717) is 18.4 Å². The Morgan fingerprint density at radius 3 is 2.29 bits per heavy atom. The van der Waals surface area contributed by atoms with Gasteiger partial charge in [-0.3, -0.25) is 14.5 Å². The van der Waals surface area contributed by atoms with Crippen LogP contribution in [-0.4, -0.2) is 33.3 Å². The molecule has 0 radical (unpaired) electrons. The number of carbonyl (C=O) groups is 3. The maximum absolute atomic E-state index is 11.9. The second-order valence-corrected chi connectivity index (χ2v) is 4.70. The Bertz CT molecular complexity index is 418. The monoisotopic (exact) mass is 237 g/mol. The Balaban J connectivity index is 2.38. The van der Waals surface area contributed by atoms with E-state index in [1.54, 1.807) is 6.92 Å². The number of hydrogen-bond acceptors (Lipinski definition) is 3. The van der Waals surface area contributed by atoms with E-state index >= 15 is 0 Å². The molecule has 2 rings (SSSR count). The number of hydrogen-bond donors (Lipinski definition) is 1. The first-order valence-electron chi connectivity index (χ1n) is 5.79. The summed E-state index contributed by atoms with van der Waals surface area (Å²) >= 11 is 0. The summed E-state index contributed by atoms with van der Waals surface area (Å²) in [6.45, 7) is 1.54. The van der Waals surface area contributed by atoms with Gasteiger partial charge in [-0.1, -0.05) is 19.3 Å². The molecule has 0 aromatic rings. The number of carboxylic acid groups (broad SMARTS) is 1. The van der Waals surface area contributed by atoms with Gasteiger partial charge in [-0.05, 0) is 19.8 Å². The standard InChI is InChI=1S/C12H15NO4/c1-8-7-9(14)13(10(8)15)12(11(16)17)5-3-2-4-6-12/h7H,2-6H2,1H3,(H,16,17). The minimum Gasteiger partial charge on any atom is -0.479 e. The minimum absolute atomic E-state index is 0.321. The van der Waals surface area contributed by atoms with Gasteiger partial charge in [0.1, 0.15) is 5.54 Å². The van der Waals surface area contributed by atoms with Gasteiger partial charge in [-0.25, -0.2) is 4.79 Å². The van der Waals surface area contributed by atoms with Crippen molar-refractivity contribution in [3.8, 4) is 0 Å². The number of rotatable bonds is 2. The van der Waals surface area contributed by atoms with E-state index in [1.807, 2.05) is 0 Å². The third-order valence-electron chi connectivity index (χ3n) is 3.61. The van der Waals surface area contributed by atoms with Gasteiger partial charge in [0.2, 0.25) is 0 Å². The molecule has 5 nitrogen and oxygen atoms in total. The van der Waals surface area contributed by atoms with E-state index in [-0.39, 0.29) is 0 Å². The zero-order valence-corrected chi connectivity index (χ0v) is 9.73. The molecule has 0 saturated heterocycles. The smallest absolute Gasteiger partial charge is 0.330 e. The summed E-state index contributed by atoms with van der Waals surface area (Å²) in [7, 11) is 0. The van der Waals surface area contributed by atoms with Crippen LogP contribution in [0, 0.1) is 0 Å². The average Bonchev–Trinajstić information content (AvgIpc) is 2.54. The summed E-state index contributed by atoms with van der Waals surface area (Å²) in [6, 6.07) is 0. The SMILES string of the molecule is CC1=CC(=O)N(C2(C(=O)O)CCCCC2)C1=O. The highest BCUT2D eigenvalue weighted by atomic mass is 16.4. The van der Waals surface area contributed by atoms with Gasteiger partial charge in [0, 0.05) is 11.6 Å². The summed E-state index contributed by atoms with van der Waals surface area (Å²) in [4.78, 5) is 36.1. The van der Waals surface area contributed by atoms with Gasteiger partial charge in [-0.2, -0.15) is 0 Å². The topological polar surface area (TPSA) is 74.7 Å². The summed E-state index contributed by atoms with van der Waals surface area (Å²) in [5, 5.41) is 9.40. The molecular weight excluding hydrogens is 222 g/mol. The molecule has 17 heavy (non-hydrogen) atoms. The van der Waals surface area contributed by atoms with E-state index in [1.165, 1.54) is 6.08 Å². The molecule has 1 saturated carbocycles. The first kappa shape index (κ1) is 11.8. The molecule has 0 unspecified atom stereocenters. The molecule has 92 valence electrons. The number of amides is 2. The number of carboxylic acids is 1. The third-order valence-corrected chi connectivity index (χ3v) is 3.61. The predicted octanol–water partition coefficient (Wildman–Crippen LogP) is 1.09. The Kier molecular flexibility index (Phi) is 2.77. The zero-order chi connectivity index (χ0) is 12.6. The summed E-state index contributed by atoms with van der Waals surface area (Å²) in [5.41, 5.74) is -0.998. The highest BCUT2D eigenvalue weighted by Gasteiger charge is 2.51. The molecule has 0 atom stereocenters. The third kappa shape index (κ3) is 1.66. The molecule has 5 heteroatoms. The molecule has 1 N–H and O–H groups in total. The van der Waals surface area contributed by atoms with Gasteiger partial charge in [-0.15, -0.1) is 0 Å². The largest absolute Gasteiger partial charge is 0.479 e. The van der Waals surface area contributed by atoms with Gasteiger partial charge in [0.25, 0.3) is 11.8 Å². The fraction of sp³-hybridized carbons (Fsp3) is 0.583. The Hall–Kier alpha value is -1.65. The van der Waals surface area contributed by atoms with Crippen LogP contribution < -0.4 is 0 Å². The van der Waals surface area contributed by atoms with Crippen molar-refractivity contribution in [1.82, 2.24) is 4.90 Å². The van der Waals surface area contributed by atoms with Crippen molar-refractivity contribution in [2.75, 3.05) is 0 Å². The maximum atomic E-state index is 11.9. The summed E-state index contributed by atoms with van der Waals surface area (Å²) in [5.74, 6) is -2.02. The molecule has 1 aliphatic heterocycles. The van der Waals surface area contributed by atoms with Crippen molar-refractivity contribution in [2.45, 2.75) is 44.6 Å². The number of imide groups is 1. The maximum Gasteiger partial charge on any atom is 0.330 e. The zero-order valence-electron chi connectivity index (χ0n) is 9.73. The summed E-state index contributed by atoms with van der Waals surface area (Å²) in [6.07, 6.45) is 4.38. The van der Waals surface area contributed by atoms with E-state index in [4.69, 9.17) is 0 Å². The molecular formula is C12H15NO4. The van der Waals surface area contributed by atoms with Gasteiger partial charge in [0.15, 0.2) is 0 Å². The lowest BCUT2D eigenvalue weighted by atomic mass is 9.80. The quantitative estimate of drug-likeness (QED) is 0.729. The fourth-order valence-corrected chi connectivity index (χ4v) is 2.66. The molecule has 0 bridgehead atoms. The molecule has 1 aliphatic carbocycles. The predicted molar refractivity (Wildman–Crippen MR) is 59.1 cm³/mol. The van der Waals surface area contributed by atoms with E-state index in [0.717, 1.165) is 24.2 Å². The van der Waals surface area contributed by atoms with E-state index in [9.17, 15) is 19.5 Å². The first-order valence-corrected chi connectivity index (χ1v) is 5.79. The average molecular weight is 237 g/mol. The highest BCUT2D eigenvalue weighted by Crippen LogP contribution is 2.36. The molecule has 1 fully saturated rings. The van der Waals surface area contributed by atoms with Crippen molar-refractivity contribution in [1.29, 1.82) is 0 Å². The molecule has 0 aromatic carbocycles. The molecule has 2 amide bonds. The lowest BCUT2D eigenvalue weighted by molar-refractivity contribution is -0.164. The van der Waals surface area contributed by atoms with Gasteiger partial charge >= 0.3 is 5.97 Å². The van der Waals surface area contributed by atoms with Crippen LogP contribution >= 0.6 is 0 Å². The molecule has 1 heterocycles. The Morgan fingerprint density at radius 1 is 1.29 bits per heavy atom. The van der Waals surface area contributed by atoms with Crippen LogP contribution in [0.25, 0.3) is 0 Å². The number of nitrogens with zero attached hydrogens (tertiary/aromatic N) is 1. The minimum atomic E-state index is -1.32. The Morgan fingerprint density at radius 2 is 1.88 bits per heavy atom. The highest BCUT2D eigenvalue weighted by molar-refractivity contribution is 6.18. The van der Waals surface area contributed by atoms with Crippen LogP contribution in [0.4, 0.5) is 0 Å². The van der Waals surface area contributed by atoms with Crippen LogP contribution in [0.3, 0.4) is 0 Å². The second kappa shape index (κ2) is 3.98. The van der Waals surface area contributed by atoms with Crippen LogP contribution in [0.15, 0.2) is 11.6 Å². The van der Waals surface area contributed by atoms with Crippen LogP contribution in [0.1, 0.15) is 39.0 Å². The molecule has 0 spiro atoms. The van der Waals surface area contributed by atoms with Crippen molar-refractivity contribution in [3.05, 3.63) is 11.6 Å². The first-order chi connectivity index (χ1) is 7.99. The van der Waals surface area contributed by atoms with Crippen LogP contribution in [-0.2, 0) is 14.4 Å². The number of carbonyl (C=O) groups excluding carboxylic acids is 2. The van der Waals surface area contributed by atoms with Crippen molar-refractivity contribution >= 4 is 17.8 Å². The van der Waals surface area contributed by atoms with Crippen molar-refractivity contribution in [3.63, 3.8) is 0 Å². The van der Waals surface area contributed by atoms with Crippen molar-refractivity contribution < 1.29 is 19.5 Å². The molecule has 0 aromatic heterocycles. The normalized spacial score (nSPS) is 23.8.